The number of carbonyl (C=O) groups excluding carboxylic acids is 1. The van der Waals surface area contributed by atoms with E-state index in [2.05, 4.69) is 15.8 Å². The maximum Gasteiger partial charge on any atom is 0.259 e. The van der Waals surface area contributed by atoms with Crippen molar-refractivity contribution in [3.63, 3.8) is 0 Å². The molecule has 0 aliphatic carbocycles. The van der Waals surface area contributed by atoms with Gasteiger partial charge in [-0.15, -0.1) is 0 Å². The lowest BCUT2D eigenvalue weighted by Gasteiger charge is -2.04. The molecule has 0 atom stereocenters. The SMILES string of the molecule is COc1ccc(/C=N/NC(=O)CNc2ccc(F)cc2)cc1. The molecule has 2 aromatic carbocycles. The molecular weight excluding hydrogens is 285 g/mol. The summed E-state index contributed by atoms with van der Waals surface area (Å²) in [6, 6.07) is 13.0. The molecule has 0 heterocycles. The molecule has 0 aliphatic heterocycles. The van der Waals surface area contributed by atoms with Crippen molar-refractivity contribution in [1.82, 2.24) is 5.43 Å². The summed E-state index contributed by atoms with van der Waals surface area (Å²) in [5.41, 5.74) is 3.91. The molecule has 0 saturated heterocycles. The topological polar surface area (TPSA) is 62.7 Å². The average molecular weight is 301 g/mol. The Morgan fingerprint density at radius 3 is 2.50 bits per heavy atom. The molecule has 0 aliphatic rings. The zero-order valence-electron chi connectivity index (χ0n) is 12.0. The molecule has 5 nitrogen and oxygen atoms in total. The number of rotatable bonds is 6. The van der Waals surface area contributed by atoms with Crippen molar-refractivity contribution in [1.29, 1.82) is 0 Å². The zero-order chi connectivity index (χ0) is 15.8. The average Bonchev–Trinajstić information content (AvgIpc) is 2.55. The van der Waals surface area contributed by atoms with Gasteiger partial charge in [-0.25, -0.2) is 9.82 Å². The minimum Gasteiger partial charge on any atom is -0.497 e. The molecule has 0 unspecified atom stereocenters. The van der Waals surface area contributed by atoms with Crippen molar-refractivity contribution in [2.75, 3.05) is 19.0 Å². The summed E-state index contributed by atoms with van der Waals surface area (Å²) in [7, 11) is 1.59. The third-order valence-electron chi connectivity index (χ3n) is 2.82. The molecule has 2 rings (SSSR count). The lowest BCUT2D eigenvalue weighted by atomic mass is 10.2. The molecule has 1 amide bonds. The zero-order valence-corrected chi connectivity index (χ0v) is 12.0. The van der Waals surface area contributed by atoms with Crippen LogP contribution in [0.2, 0.25) is 0 Å². The second-order valence-corrected chi connectivity index (χ2v) is 4.43. The van der Waals surface area contributed by atoms with Crippen molar-refractivity contribution in [2.45, 2.75) is 0 Å². The first-order valence-electron chi connectivity index (χ1n) is 6.63. The Balaban J connectivity index is 1.76. The number of hydrazone groups is 1. The summed E-state index contributed by atoms with van der Waals surface area (Å²) >= 11 is 0. The van der Waals surface area contributed by atoms with Gasteiger partial charge in [-0.2, -0.15) is 5.10 Å². The lowest BCUT2D eigenvalue weighted by Crippen LogP contribution is -2.25. The number of nitrogens with zero attached hydrogens (tertiary/aromatic N) is 1. The van der Waals surface area contributed by atoms with Crippen molar-refractivity contribution in [2.24, 2.45) is 5.10 Å². The fourth-order valence-electron chi connectivity index (χ4n) is 1.66. The first kappa shape index (κ1) is 15.5. The number of carbonyl (C=O) groups is 1. The minimum absolute atomic E-state index is 0.0472. The van der Waals surface area contributed by atoms with Crippen molar-refractivity contribution < 1.29 is 13.9 Å². The van der Waals surface area contributed by atoms with Gasteiger partial charge in [-0.1, -0.05) is 0 Å². The Labute approximate surface area is 127 Å². The highest BCUT2D eigenvalue weighted by atomic mass is 19.1. The Hall–Kier alpha value is -2.89. The van der Waals surface area contributed by atoms with Crippen LogP contribution in [0.1, 0.15) is 5.56 Å². The molecule has 22 heavy (non-hydrogen) atoms. The number of halogens is 1. The van der Waals surface area contributed by atoms with E-state index in [-0.39, 0.29) is 18.3 Å². The van der Waals surface area contributed by atoms with E-state index < -0.39 is 0 Å². The molecule has 2 N–H and O–H groups in total. The van der Waals surface area contributed by atoms with Crippen LogP contribution in [0.3, 0.4) is 0 Å². The van der Waals surface area contributed by atoms with E-state index >= 15 is 0 Å². The summed E-state index contributed by atoms with van der Waals surface area (Å²) in [6.45, 7) is 0.0472. The fraction of sp³-hybridized carbons (Fsp3) is 0.125. The van der Waals surface area contributed by atoms with Gasteiger partial charge in [0.15, 0.2) is 0 Å². The van der Waals surface area contributed by atoms with E-state index in [4.69, 9.17) is 4.74 Å². The van der Waals surface area contributed by atoms with Crippen LogP contribution in [0, 0.1) is 5.82 Å². The summed E-state index contributed by atoms with van der Waals surface area (Å²) in [4.78, 5) is 11.6. The van der Waals surface area contributed by atoms with Gasteiger partial charge in [-0.05, 0) is 54.1 Å². The number of hydrogen-bond donors (Lipinski definition) is 2. The molecular formula is C16H16FN3O2. The van der Waals surface area contributed by atoms with Gasteiger partial charge in [0.05, 0.1) is 19.9 Å². The lowest BCUT2D eigenvalue weighted by molar-refractivity contribution is -0.119. The molecule has 0 fully saturated rings. The fourth-order valence-corrected chi connectivity index (χ4v) is 1.66. The van der Waals surface area contributed by atoms with Crippen LogP contribution in [-0.4, -0.2) is 25.8 Å². The predicted molar refractivity (Wildman–Crippen MR) is 83.6 cm³/mol. The van der Waals surface area contributed by atoms with Crippen LogP contribution in [-0.2, 0) is 4.79 Å². The predicted octanol–water partition coefficient (Wildman–Crippen LogP) is 2.40. The van der Waals surface area contributed by atoms with Gasteiger partial charge >= 0.3 is 0 Å². The van der Waals surface area contributed by atoms with Crippen LogP contribution < -0.4 is 15.5 Å². The second kappa shape index (κ2) is 7.78. The Morgan fingerprint density at radius 1 is 1.18 bits per heavy atom. The van der Waals surface area contributed by atoms with E-state index in [1.807, 2.05) is 12.1 Å². The molecule has 0 saturated carbocycles. The van der Waals surface area contributed by atoms with Gasteiger partial charge < -0.3 is 10.1 Å². The Kier molecular flexibility index (Phi) is 5.48. The third kappa shape index (κ3) is 4.90. The van der Waals surface area contributed by atoms with Gasteiger partial charge in [-0.3, -0.25) is 4.79 Å². The molecule has 0 aromatic heterocycles. The highest BCUT2D eigenvalue weighted by Gasteiger charge is 1.99. The number of benzene rings is 2. The monoisotopic (exact) mass is 301 g/mol. The third-order valence-corrected chi connectivity index (χ3v) is 2.82. The van der Waals surface area contributed by atoms with Crippen molar-refractivity contribution in [3.05, 3.63) is 59.9 Å². The van der Waals surface area contributed by atoms with Gasteiger partial charge in [0.2, 0.25) is 0 Å². The molecule has 0 bridgehead atoms. The van der Waals surface area contributed by atoms with Gasteiger partial charge in [0.1, 0.15) is 11.6 Å². The normalized spacial score (nSPS) is 10.5. The van der Waals surface area contributed by atoms with Crippen LogP contribution in [0.15, 0.2) is 53.6 Å². The van der Waals surface area contributed by atoms with E-state index in [1.165, 1.54) is 18.3 Å². The minimum atomic E-state index is -0.320. The standard InChI is InChI=1S/C16H16FN3O2/c1-22-15-8-2-12(3-9-15)10-19-20-16(21)11-18-14-6-4-13(17)5-7-14/h2-10,18H,11H2,1H3,(H,20,21)/b19-10+. The summed E-state index contributed by atoms with van der Waals surface area (Å²) < 4.78 is 17.8. The number of hydrogen-bond acceptors (Lipinski definition) is 4. The number of ether oxygens (including phenoxy) is 1. The number of anilines is 1. The van der Waals surface area contributed by atoms with E-state index in [0.717, 1.165) is 11.3 Å². The second-order valence-electron chi connectivity index (χ2n) is 4.43. The largest absolute Gasteiger partial charge is 0.497 e. The summed E-state index contributed by atoms with van der Waals surface area (Å²) in [6.07, 6.45) is 1.54. The number of nitrogens with one attached hydrogen (secondary N) is 2. The Morgan fingerprint density at radius 2 is 1.86 bits per heavy atom. The molecule has 2 aromatic rings. The maximum absolute atomic E-state index is 12.7. The van der Waals surface area contributed by atoms with Crippen LogP contribution in [0.5, 0.6) is 5.75 Å². The maximum atomic E-state index is 12.7. The molecule has 0 radical (unpaired) electrons. The van der Waals surface area contributed by atoms with Gasteiger partial charge in [0.25, 0.3) is 5.91 Å². The quantitative estimate of drug-likeness (QED) is 0.636. The first-order valence-corrected chi connectivity index (χ1v) is 6.63. The van der Waals surface area contributed by atoms with Crippen molar-refractivity contribution in [3.8, 4) is 5.75 Å². The summed E-state index contributed by atoms with van der Waals surface area (Å²) in [5.74, 6) is 0.137. The highest BCUT2D eigenvalue weighted by molar-refractivity contribution is 5.84. The number of methoxy groups -OCH3 is 1. The van der Waals surface area contributed by atoms with Gasteiger partial charge in [0, 0.05) is 5.69 Å². The van der Waals surface area contributed by atoms with Crippen molar-refractivity contribution >= 4 is 17.8 Å². The van der Waals surface area contributed by atoms with E-state index in [9.17, 15) is 9.18 Å². The highest BCUT2D eigenvalue weighted by Crippen LogP contribution is 2.09. The van der Waals surface area contributed by atoms with E-state index in [0.29, 0.717) is 5.69 Å². The molecule has 6 heteroatoms. The van der Waals surface area contributed by atoms with E-state index in [1.54, 1.807) is 31.4 Å². The first-order chi connectivity index (χ1) is 10.7. The Bertz CT molecular complexity index is 639. The van der Waals surface area contributed by atoms with Crippen LogP contribution in [0.4, 0.5) is 10.1 Å². The smallest absolute Gasteiger partial charge is 0.259 e. The molecule has 114 valence electrons. The summed E-state index contributed by atoms with van der Waals surface area (Å²) in [5, 5.41) is 6.72. The molecule has 0 spiro atoms. The number of amides is 1. The van der Waals surface area contributed by atoms with Crippen LogP contribution >= 0.6 is 0 Å². The van der Waals surface area contributed by atoms with Crippen LogP contribution in [0.25, 0.3) is 0 Å².